The molecule has 6 nitrogen and oxygen atoms in total. The highest BCUT2D eigenvalue weighted by atomic mass is 32.1. The third kappa shape index (κ3) is 4.23. The monoisotopic (exact) mass is 373 g/mol. The summed E-state index contributed by atoms with van der Waals surface area (Å²) in [4.78, 5) is 20.5. The van der Waals surface area contributed by atoms with Crippen LogP contribution in [0.5, 0.6) is 11.5 Å². The second kappa shape index (κ2) is 7.91. The molecule has 25 heavy (non-hydrogen) atoms. The van der Waals surface area contributed by atoms with Gasteiger partial charge in [0.2, 0.25) is 5.91 Å². The summed E-state index contributed by atoms with van der Waals surface area (Å²) in [6, 6.07) is 5.51. The molecule has 3 aromatic rings. The zero-order valence-corrected chi connectivity index (χ0v) is 15.2. The molecule has 8 heteroatoms. The van der Waals surface area contributed by atoms with Gasteiger partial charge in [0.05, 0.1) is 19.9 Å². The van der Waals surface area contributed by atoms with Gasteiger partial charge in [0.15, 0.2) is 5.13 Å². The van der Waals surface area contributed by atoms with Crippen LogP contribution >= 0.6 is 22.7 Å². The summed E-state index contributed by atoms with van der Waals surface area (Å²) in [7, 11) is 3.20. The Hall–Kier alpha value is -2.71. The molecule has 0 aliphatic rings. The fourth-order valence-electron chi connectivity index (χ4n) is 2.08. The minimum Gasteiger partial charge on any atom is -0.497 e. The van der Waals surface area contributed by atoms with E-state index in [4.69, 9.17) is 9.47 Å². The maximum absolute atomic E-state index is 12.0. The number of thiazole rings is 2. The van der Waals surface area contributed by atoms with Crippen LogP contribution < -0.4 is 14.8 Å². The van der Waals surface area contributed by atoms with Crippen LogP contribution in [0.1, 0.15) is 5.01 Å². The number of carbonyl (C=O) groups is 1. The van der Waals surface area contributed by atoms with Crippen LogP contribution in [-0.2, 0) is 4.79 Å². The van der Waals surface area contributed by atoms with Gasteiger partial charge in [-0.15, -0.1) is 22.7 Å². The van der Waals surface area contributed by atoms with Crippen molar-refractivity contribution in [3.8, 4) is 22.8 Å². The molecule has 2 aromatic heterocycles. The highest BCUT2D eigenvalue weighted by Crippen LogP contribution is 2.34. The average Bonchev–Trinajstić information content (AvgIpc) is 3.31. The van der Waals surface area contributed by atoms with Gasteiger partial charge in [-0.05, 0) is 18.2 Å². The topological polar surface area (TPSA) is 73.3 Å². The van der Waals surface area contributed by atoms with E-state index in [0.29, 0.717) is 16.6 Å². The molecule has 0 unspecified atom stereocenters. The van der Waals surface area contributed by atoms with Crippen LogP contribution in [0.3, 0.4) is 0 Å². The summed E-state index contributed by atoms with van der Waals surface area (Å²) in [6.07, 6.45) is 4.80. The molecule has 3 rings (SSSR count). The zero-order chi connectivity index (χ0) is 17.6. The van der Waals surface area contributed by atoms with Gasteiger partial charge >= 0.3 is 0 Å². The van der Waals surface area contributed by atoms with E-state index in [1.165, 1.54) is 28.7 Å². The fraction of sp³-hybridized carbons (Fsp3) is 0.118. The molecule has 0 bridgehead atoms. The Morgan fingerprint density at radius 1 is 1.24 bits per heavy atom. The quantitative estimate of drug-likeness (QED) is 0.663. The summed E-state index contributed by atoms with van der Waals surface area (Å²) in [5.41, 5.74) is 1.56. The summed E-state index contributed by atoms with van der Waals surface area (Å²) in [5, 5.41) is 7.76. The molecule has 1 amide bonds. The largest absolute Gasteiger partial charge is 0.497 e. The first-order valence-corrected chi connectivity index (χ1v) is 9.02. The molecule has 0 aliphatic heterocycles. The van der Waals surface area contributed by atoms with E-state index in [9.17, 15) is 4.79 Å². The van der Waals surface area contributed by atoms with E-state index >= 15 is 0 Å². The van der Waals surface area contributed by atoms with Crippen molar-refractivity contribution in [1.82, 2.24) is 9.97 Å². The molecule has 1 N–H and O–H groups in total. The lowest BCUT2D eigenvalue weighted by Crippen LogP contribution is -2.07. The van der Waals surface area contributed by atoms with E-state index in [-0.39, 0.29) is 5.91 Å². The molecule has 0 atom stereocenters. The molecule has 0 spiro atoms. The molecule has 0 saturated heterocycles. The summed E-state index contributed by atoms with van der Waals surface area (Å²) in [6.45, 7) is 0. The number of ether oxygens (including phenoxy) is 2. The minimum absolute atomic E-state index is 0.252. The molecule has 1 aromatic carbocycles. The van der Waals surface area contributed by atoms with Crippen molar-refractivity contribution in [1.29, 1.82) is 0 Å². The lowest BCUT2D eigenvalue weighted by atomic mass is 10.1. The van der Waals surface area contributed by atoms with Crippen molar-refractivity contribution >= 4 is 39.8 Å². The van der Waals surface area contributed by atoms with Gasteiger partial charge in [-0.2, -0.15) is 0 Å². The first-order valence-electron chi connectivity index (χ1n) is 7.26. The third-order valence-corrected chi connectivity index (χ3v) is 4.75. The van der Waals surface area contributed by atoms with E-state index in [1.807, 2.05) is 22.9 Å². The van der Waals surface area contributed by atoms with E-state index < -0.39 is 0 Å². The maximum atomic E-state index is 12.0. The van der Waals surface area contributed by atoms with Gasteiger partial charge in [-0.25, -0.2) is 9.97 Å². The van der Waals surface area contributed by atoms with Crippen molar-refractivity contribution in [2.45, 2.75) is 0 Å². The number of hydrogen-bond acceptors (Lipinski definition) is 7. The SMILES string of the molecule is COc1ccc(-c2csc(NC(=O)C=Cc3nccs3)n2)c(OC)c1. The second-order valence-corrected chi connectivity index (χ2v) is 6.58. The Bertz CT molecular complexity index is 888. The van der Waals surface area contributed by atoms with Crippen LogP contribution in [-0.4, -0.2) is 30.1 Å². The van der Waals surface area contributed by atoms with Crippen LogP contribution in [0.4, 0.5) is 5.13 Å². The molecule has 2 heterocycles. The van der Waals surface area contributed by atoms with Crippen LogP contribution in [0.25, 0.3) is 17.3 Å². The minimum atomic E-state index is -0.252. The highest BCUT2D eigenvalue weighted by molar-refractivity contribution is 7.14. The van der Waals surface area contributed by atoms with Crippen molar-refractivity contribution in [2.75, 3.05) is 19.5 Å². The first kappa shape index (κ1) is 17.1. The summed E-state index contributed by atoms with van der Waals surface area (Å²) in [5.74, 6) is 1.11. The summed E-state index contributed by atoms with van der Waals surface area (Å²) >= 11 is 2.81. The standard InChI is InChI=1S/C17H15N3O3S2/c1-22-11-3-4-12(14(9-11)23-2)13-10-25-17(19-13)20-15(21)5-6-16-18-7-8-24-16/h3-10H,1-2H3,(H,19,20,21). The molecular formula is C17H15N3O3S2. The maximum Gasteiger partial charge on any atom is 0.250 e. The first-order chi connectivity index (χ1) is 12.2. The predicted molar refractivity (Wildman–Crippen MR) is 100 cm³/mol. The van der Waals surface area contributed by atoms with Gasteiger partial charge in [-0.3, -0.25) is 10.1 Å². The number of aromatic nitrogens is 2. The van der Waals surface area contributed by atoms with Gasteiger partial charge in [0.25, 0.3) is 0 Å². The number of nitrogens with zero attached hydrogens (tertiary/aromatic N) is 2. The van der Waals surface area contributed by atoms with Crippen molar-refractivity contribution in [2.24, 2.45) is 0 Å². The molecular weight excluding hydrogens is 358 g/mol. The number of carbonyl (C=O) groups excluding carboxylic acids is 1. The van der Waals surface area contributed by atoms with E-state index in [0.717, 1.165) is 16.3 Å². The molecule has 0 aliphatic carbocycles. The molecule has 0 radical (unpaired) electrons. The van der Waals surface area contributed by atoms with Crippen molar-refractivity contribution in [3.05, 3.63) is 46.2 Å². The van der Waals surface area contributed by atoms with Gasteiger partial charge < -0.3 is 9.47 Å². The van der Waals surface area contributed by atoms with Gasteiger partial charge in [0.1, 0.15) is 16.5 Å². The number of methoxy groups -OCH3 is 2. The Morgan fingerprint density at radius 3 is 2.84 bits per heavy atom. The van der Waals surface area contributed by atoms with Crippen LogP contribution in [0, 0.1) is 0 Å². The Morgan fingerprint density at radius 2 is 2.12 bits per heavy atom. The van der Waals surface area contributed by atoms with Gasteiger partial charge in [0, 0.05) is 34.7 Å². The molecule has 0 fully saturated rings. The predicted octanol–water partition coefficient (Wildman–Crippen LogP) is 3.94. The van der Waals surface area contributed by atoms with Crippen molar-refractivity contribution < 1.29 is 14.3 Å². The Kier molecular flexibility index (Phi) is 5.42. The zero-order valence-electron chi connectivity index (χ0n) is 13.6. The Labute approximate surface area is 152 Å². The number of nitrogens with one attached hydrogen (secondary N) is 1. The Balaban J connectivity index is 1.73. The van der Waals surface area contributed by atoms with Crippen LogP contribution in [0.15, 0.2) is 41.2 Å². The molecule has 128 valence electrons. The van der Waals surface area contributed by atoms with E-state index in [1.54, 1.807) is 32.6 Å². The second-order valence-electron chi connectivity index (χ2n) is 4.80. The lowest BCUT2D eigenvalue weighted by Gasteiger charge is -2.08. The number of hydrogen-bond donors (Lipinski definition) is 1. The number of amides is 1. The van der Waals surface area contributed by atoms with Crippen molar-refractivity contribution in [3.63, 3.8) is 0 Å². The number of rotatable bonds is 6. The third-order valence-electron chi connectivity index (χ3n) is 3.25. The highest BCUT2D eigenvalue weighted by Gasteiger charge is 2.12. The fourth-order valence-corrected chi connectivity index (χ4v) is 3.32. The smallest absolute Gasteiger partial charge is 0.250 e. The number of anilines is 1. The van der Waals surface area contributed by atoms with E-state index in [2.05, 4.69) is 15.3 Å². The average molecular weight is 373 g/mol. The number of benzene rings is 1. The lowest BCUT2D eigenvalue weighted by molar-refractivity contribution is -0.111. The summed E-state index contributed by atoms with van der Waals surface area (Å²) < 4.78 is 10.6. The normalized spacial score (nSPS) is 10.8. The van der Waals surface area contributed by atoms with Gasteiger partial charge in [-0.1, -0.05) is 0 Å². The molecule has 0 saturated carbocycles. The van der Waals surface area contributed by atoms with Crippen LogP contribution in [0.2, 0.25) is 0 Å².